The quantitative estimate of drug-likeness (QED) is 0.767. The zero-order chi connectivity index (χ0) is 12.6. The molecule has 5 nitrogen and oxygen atoms in total. The summed E-state index contributed by atoms with van der Waals surface area (Å²) in [6, 6.07) is 4.92. The molecular weight excluding hydrogens is 224 g/mol. The predicted molar refractivity (Wildman–Crippen MR) is 58.9 cm³/mol. The van der Waals surface area contributed by atoms with Gasteiger partial charge in [-0.15, -0.1) is 0 Å². The Labute approximate surface area is 97.0 Å². The monoisotopic (exact) mass is 234 g/mol. The molecule has 0 amide bonds. The normalized spacial score (nSPS) is 13.5. The third kappa shape index (κ3) is 1.75. The molecule has 0 fully saturated rings. The first-order valence-electron chi connectivity index (χ1n) is 4.91. The van der Waals surface area contributed by atoms with Gasteiger partial charge in [0.15, 0.2) is 0 Å². The summed E-state index contributed by atoms with van der Waals surface area (Å²) in [5.74, 6) is -2.29. The summed E-state index contributed by atoms with van der Waals surface area (Å²) in [6.07, 6.45) is 0.115. The molecule has 0 bridgehead atoms. The van der Waals surface area contributed by atoms with Crippen molar-refractivity contribution in [3.8, 4) is 5.75 Å². The van der Waals surface area contributed by atoms with E-state index in [-0.39, 0.29) is 17.8 Å². The van der Waals surface area contributed by atoms with Crippen LogP contribution in [0.2, 0.25) is 0 Å². The molecule has 2 rings (SSSR count). The van der Waals surface area contributed by atoms with E-state index in [1.54, 1.807) is 18.2 Å². The lowest BCUT2D eigenvalue weighted by molar-refractivity contribution is -0.147. The van der Waals surface area contributed by atoms with Crippen LogP contribution in [0.5, 0.6) is 5.75 Å². The number of fused-ring (bicyclic) bond motifs is 1. The largest absolute Gasteiger partial charge is 0.507 e. The second-order valence-corrected chi connectivity index (χ2v) is 3.66. The summed E-state index contributed by atoms with van der Waals surface area (Å²) in [7, 11) is 1.51. The van der Waals surface area contributed by atoms with Crippen LogP contribution in [0.4, 0.5) is 0 Å². The molecule has 1 aromatic carbocycles. The van der Waals surface area contributed by atoms with Gasteiger partial charge in [0.2, 0.25) is 0 Å². The maximum atomic E-state index is 11.3. The van der Waals surface area contributed by atoms with Crippen molar-refractivity contribution < 1.29 is 24.5 Å². The average Bonchev–Trinajstić information content (AvgIpc) is 2.65. The number of aliphatic hydroxyl groups is 1. The molecule has 0 radical (unpaired) electrons. The van der Waals surface area contributed by atoms with Gasteiger partial charge in [-0.3, -0.25) is 4.79 Å². The van der Waals surface area contributed by atoms with E-state index in [4.69, 9.17) is 9.84 Å². The van der Waals surface area contributed by atoms with Crippen LogP contribution in [0.15, 0.2) is 23.8 Å². The average molecular weight is 234 g/mol. The summed E-state index contributed by atoms with van der Waals surface area (Å²) >= 11 is 0. The molecule has 0 saturated carbocycles. The van der Waals surface area contributed by atoms with E-state index >= 15 is 0 Å². The van der Waals surface area contributed by atoms with E-state index < -0.39 is 11.8 Å². The van der Waals surface area contributed by atoms with E-state index in [2.05, 4.69) is 0 Å². The smallest absolute Gasteiger partial charge is 0.377 e. The van der Waals surface area contributed by atoms with Crippen LogP contribution >= 0.6 is 0 Å². The molecule has 0 spiro atoms. The number of ketones is 1. The number of Topliss-reactive ketones (excluding diaryl/α,β-unsaturated/α-hetero) is 1. The lowest BCUT2D eigenvalue weighted by Gasteiger charge is -2.03. The molecule has 17 heavy (non-hydrogen) atoms. The van der Waals surface area contributed by atoms with Crippen LogP contribution in [0.1, 0.15) is 11.1 Å². The number of hydrogen-bond donors (Lipinski definition) is 2. The van der Waals surface area contributed by atoms with Gasteiger partial charge in [0.1, 0.15) is 11.5 Å². The number of carbonyl (C=O) groups is 2. The Kier molecular flexibility index (Phi) is 2.59. The van der Waals surface area contributed by atoms with Crippen molar-refractivity contribution >= 4 is 17.5 Å². The van der Waals surface area contributed by atoms with E-state index in [1.807, 2.05) is 0 Å². The highest BCUT2D eigenvalue weighted by Gasteiger charge is 2.29. The Morgan fingerprint density at radius 2 is 2.06 bits per heavy atom. The first kappa shape index (κ1) is 11.2. The van der Waals surface area contributed by atoms with Crippen LogP contribution in [0, 0.1) is 0 Å². The van der Waals surface area contributed by atoms with E-state index in [0.29, 0.717) is 16.9 Å². The van der Waals surface area contributed by atoms with E-state index in [9.17, 15) is 14.7 Å². The van der Waals surface area contributed by atoms with E-state index in [1.165, 1.54) is 7.11 Å². The summed E-state index contributed by atoms with van der Waals surface area (Å²) in [5.41, 5.74) is 1.09. The van der Waals surface area contributed by atoms with Gasteiger partial charge in [-0.25, -0.2) is 4.79 Å². The number of methoxy groups -OCH3 is 1. The molecule has 1 aliphatic rings. The van der Waals surface area contributed by atoms with Crippen LogP contribution in [-0.4, -0.2) is 29.1 Å². The summed E-state index contributed by atoms with van der Waals surface area (Å²) < 4.78 is 5.02. The minimum absolute atomic E-state index is 0.0826. The number of hydrogen-bond acceptors (Lipinski definition) is 4. The summed E-state index contributed by atoms with van der Waals surface area (Å²) in [6.45, 7) is 0. The minimum atomic E-state index is -1.56. The van der Waals surface area contributed by atoms with Gasteiger partial charge >= 0.3 is 5.97 Å². The number of benzene rings is 1. The third-order valence-corrected chi connectivity index (χ3v) is 2.69. The molecule has 0 aliphatic heterocycles. The Balaban J connectivity index is 2.42. The zero-order valence-electron chi connectivity index (χ0n) is 9.06. The number of carbonyl (C=O) groups excluding carboxylic acids is 1. The van der Waals surface area contributed by atoms with Crippen molar-refractivity contribution in [2.45, 2.75) is 6.42 Å². The topological polar surface area (TPSA) is 83.8 Å². The van der Waals surface area contributed by atoms with Gasteiger partial charge < -0.3 is 14.9 Å². The van der Waals surface area contributed by atoms with Crippen molar-refractivity contribution in [2.24, 2.45) is 0 Å². The molecule has 0 saturated heterocycles. The molecule has 0 heterocycles. The molecule has 5 heteroatoms. The second kappa shape index (κ2) is 3.93. The number of rotatable bonds is 3. The SMILES string of the molecule is COc1ccc2c(c1)CC(C(=O)C(=O)O)=C2O. The predicted octanol–water partition coefficient (Wildman–Crippen LogP) is 1.17. The van der Waals surface area contributed by atoms with Crippen molar-refractivity contribution in [3.05, 3.63) is 34.9 Å². The Hall–Kier alpha value is -2.30. The van der Waals surface area contributed by atoms with Gasteiger partial charge in [-0.2, -0.15) is 0 Å². The first-order valence-corrected chi connectivity index (χ1v) is 4.91. The standard InChI is InChI=1S/C12H10O5/c1-17-7-2-3-8-6(4-7)5-9(10(8)13)11(14)12(15)16/h2-4,13H,5H2,1H3,(H,15,16). The number of ether oxygens (including phenoxy) is 1. The molecule has 1 aromatic rings. The van der Waals surface area contributed by atoms with E-state index in [0.717, 1.165) is 0 Å². The lowest BCUT2D eigenvalue weighted by Crippen LogP contribution is -2.15. The van der Waals surface area contributed by atoms with Crippen LogP contribution in [-0.2, 0) is 16.0 Å². The molecule has 1 aliphatic carbocycles. The Bertz CT molecular complexity index is 542. The van der Waals surface area contributed by atoms with Gasteiger partial charge in [-0.05, 0) is 23.8 Å². The van der Waals surface area contributed by atoms with Gasteiger partial charge in [0.25, 0.3) is 5.78 Å². The highest BCUT2D eigenvalue weighted by molar-refractivity contribution is 6.41. The summed E-state index contributed by atoms with van der Waals surface area (Å²) in [5, 5.41) is 18.4. The highest BCUT2D eigenvalue weighted by Crippen LogP contribution is 2.33. The Morgan fingerprint density at radius 1 is 1.35 bits per heavy atom. The molecule has 0 unspecified atom stereocenters. The second-order valence-electron chi connectivity index (χ2n) is 3.66. The third-order valence-electron chi connectivity index (χ3n) is 2.69. The fraction of sp³-hybridized carbons (Fsp3) is 0.167. The van der Waals surface area contributed by atoms with Crippen LogP contribution in [0.25, 0.3) is 5.76 Å². The maximum absolute atomic E-state index is 11.3. The minimum Gasteiger partial charge on any atom is -0.507 e. The fourth-order valence-electron chi connectivity index (χ4n) is 1.83. The number of carboxylic acid groups (broad SMARTS) is 1. The lowest BCUT2D eigenvalue weighted by atomic mass is 10.1. The van der Waals surface area contributed by atoms with Crippen LogP contribution in [0.3, 0.4) is 0 Å². The van der Waals surface area contributed by atoms with Crippen LogP contribution < -0.4 is 4.74 Å². The van der Waals surface area contributed by atoms with Crippen molar-refractivity contribution in [1.82, 2.24) is 0 Å². The first-order chi connectivity index (χ1) is 8.04. The zero-order valence-corrected chi connectivity index (χ0v) is 9.06. The fourth-order valence-corrected chi connectivity index (χ4v) is 1.83. The van der Waals surface area contributed by atoms with Crippen molar-refractivity contribution in [3.63, 3.8) is 0 Å². The van der Waals surface area contributed by atoms with Gasteiger partial charge in [0, 0.05) is 12.0 Å². The number of aliphatic carboxylic acids is 1. The molecular formula is C12H10O5. The molecule has 88 valence electrons. The summed E-state index contributed by atoms with van der Waals surface area (Å²) in [4.78, 5) is 21.9. The van der Waals surface area contributed by atoms with Crippen molar-refractivity contribution in [2.75, 3.05) is 7.11 Å². The maximum Gasteiger partial charge on any atom is 0.377 e. The number of carboxylic acids is 1. The highest BCUT2D eigenvalue weighted by atomic mass is 16.5. The number of aliphatic hydroxyl groups excluding tert-OH is 1. The molecule has 0 aromatic heterocycles. The van der Waals surface area contributed by atoms with Crippen molar-refractivity contribution in [1.29, 1.82) is 0 Å². The molecule has 0 atom stereocenters. The Morgan fingerprint density at radius 3 is 2.65 bits per heavy atom. The van der Waals surface area contributed by atoms with Gasteiger partial charge in [-0.1, -0.05) is 0 Å². The molecule has 2 N–H and O–H groups in total. The van der Waals surface area contributed by atoms with Gasteiger partial charge in [0.05, 0.1) is 12.7 Å².